The Kier molecular flexibility index (Phi) is 8.34. The molecule has 0 fully saturated rings. The minimum atomic E-state index is -0.106. The van der Waals surface area contributed by atoms with Crippen molar-refractivity contribution in [2.45, 2.75) is 26.7 Å². The van der Waals surface area contributed by atoms with Crippen molar-refractivity contribution in [3.05, 3.63) is 54.1 Å². The first-order chi connectivity index (χ1) is 13.6. The monoisotopic (exact) mass is 384 g/mol. The Morgan fingerprint density at radius 3 is 2.32 bits per heavy atom. The summed E-state index contributed by atoms with van der Waals surface area (Å²) in [4.78, 5) is 26.3. The summed E-state index contributed by atoms with van der Waals surface area (Å²) in [5.41, 5.74) is 1.20. The van der Waals surface area contributed by atoms with Crippen molar-refractivity contribution in [3.63, 3.8) is 0 Å². The summed E-state index contributed by atoms with van der Waals surface area (Å²) in [6.45, 7) is 5.64. The molecular formula is C22H28N2O4. The third-order valence-electron chi connectivity index (χ3n) is 4.32. The Bertz CT molecular complexity index is 770. The average Bonchev–Trinajstić information content (AvgIpc) is 2.72. The van der Waals surface area contributed by atoms with Gasteiger partial charge in [0.2, 0.25) is 5.91 Å². The van der Waals surface area contributed by atoms with Crippen molar-refractivity contribution in [3.8, 4) is 11.5 Å². The second-order valence-corrected chi connectivity index (χ2v) is 6.23. The molecule has 2 aromatic rings. The van der Waals surface area contributed by atoms with Gasteiger partial charge in [-0.05, 0) is 62.7 Å². The predicted molar refractivity (Wildman–Crippen MR) is 110 cm³/mol. The van der Waals surface area contributed by atoms with Crippen molar-refractivity contribution in [1.29, 1.82) is 0 Å². The summed E-state index contributed by atoms with van der Waals surface area (Å²) < 4.78 is 10.7. The van der Waals surface area contributed by atoms with Crippen LogP contribution < -0.4 is 14.8 Å². The Balaban J connectivity index is 1.79. The van der Waals surface area contributed by atoms with Crippen LogP contribution in [0.1, 0.15) is 37.0 Å². The maximum atomic E-state index is 12.4. The molecule has 0 radical (unpaired) electrons. The number of hydrogen-bond donors (Lipinski definition) is 1. The van der Waals surface area contributed by atoms with Crippen molar-refractivity contribution in [2.75, 3.05) is 32.1 Å². The van der Waals surface area contributed by atoms with Gasteiger partial charge < -0.3 is 19.7 Å². The molecule has 0 spiro atoms. The van der Waals surface area contributed by atoms with Crippen LogP contribution in [-0.4, -0.2) is 43.5 Å². The second-order valence-electron chi connectivity index (χ2n) is 6.23. The van der Waals surface area contributed by atoms with Crippen LogP contribution in [0.3, 0.4) is 0 Å². The molecule has 0 aromatic heterocycles. The van der Waals surface area contributed by atoms with Crippen LogP contribution in [0.2, 0.25) is 0 Å². The van der Waals surface area contributed by atoms with Gasteiger partial charge in [0.05, 0.1) is 13.7 Å². The number of amides is 2. The van der Waals surface area contributed by atoms with E-state index in [4.69, 9.17) is 9.47 Å². The van der Waals surface area contributed by atoms with E-state index in [9.17, 15) is 9.59 Å². The van der Waals surface area contributed by atoms with E-state index in [1.165, 1.54) is 0 Å². The molecule has 0 unspecified atom stereocenters. The van der Waals surface area contributed by atoms with Gasteiger partial charge in [-0.3, -0.25) is 9.59 Å². The molecule has 1 N–H and O–H groups in total. The van der Waals surface area contributed by atoms with Crippen LogP contribution in [0.5, 0.6) is 11.5 Å². The Hall–Kier alpha value is -3.02. The third kappa shape index (κ3) is 6.30. The largest absolute Gasteiger partial charge is 0.497 e. The molecule has 0 aliphatic heterocycles. The van der Waals surface area contributed by atoms with E-state index >= 15 is 0 Å². The highest BCUT2D eigenvalue weighted by atomic mass is 16.5. The van der Waals surface area contributed by atoms with Crippen molar-refractivity contribution >= 4 is 17.5 Å². The molecule has 0 bridgehead atoms. The number of nitrogens with one attached hydrogen (secondary N) is 1. The van der Waals surface area contributed by atoms with Gasteiger partial charge in [0.15, 0.2) is 0 Å². The summed E-state index contributed by atoms with van der Waals surface area (Å²) >= 11 is 0. The van der Waals surface area contributed by atoms with Gasteiger partial charge in [-0.25, -0.2) is 0 Å². The molecule has 6 nitrogen and oxygen atoms in total. The van der Waals surface area contributed by atoms with Gasteiger partial charge >= 0.3 is 0 Å². The van der Waals surface area contributed by atoms with Gasteiger partial charge in [0.25, 0.3) is 5.91 Å². The predicted octanol–water partition coefficient (Wildman–Crippen LogP) is 3.97. The van der Waals surface area contributed by atoms with Crippen LogP contribution in [0.15, 0.2) is 48.5 Å². The Morgan fingerprint density at radius 1 is 1.00 bits per heavy atom. The zero-order valence-electron chi connectivity index (χ0n) is 16.7. The number of ether oxygens (including phenoxy) is 2. The molecule has 0 saturated carbocycles. The highest BCUT2D eigenvalue weighted by Crippen LogP contribution is 2.17. The summed E-state index contributed by atoms with van der Waals surface area (Å²) in [6.07, 6.45) is 0.931. The van der Waals surface area contributed by atoms with E-state index < -0.39 is 0 Å². The first-order valence-electron chi connectivity index (χ1n) is 9.53. The Morgan fingerprint density at radius 2 is 1.68 bits per heavy atom. The zero-order valence-corrected chi connectivity index (χ0v) is 16.7. The maximum Gasteiger partial charge on any atom is 0.253 e. The molecule has 150 valence electrons. The topological polar surface area (TPSA) is 67.9 Å². The summed E-state index contributed by atoms with van der Waals surface area (Å²) in [7, 11) is 1.61. The summed E-state index contributed by atoms with van der Waals surface area (Å²) in [5, 5.41) is 2.84. The quantitative estimate of drug-likeness (QED) is 0.629. The van der Waals surface area contributed by atoms with Gasteiger partial charge in [-0.2, -0.15) is 0 Å². The van der Waals surface area contributed by atoms with E-state index in [2.05, 4.69) is 5.32 Å². The fourth-order valence-electron chi connectivity index (χ4n) is 2.74. The first-order valence-corrected chi connectivity index (χ1v) is 9.53. The number of methoxy groups -OCH3 is 1. The minimum absolute atomic E-state index is 0.0333. The molecule has 0 saturated heterocycles. The fourth-order valence-corrected chi connectivity index (χ4v) is 2.74. The number of anilines is 1. The second kappa shape index (κ2) is 11.0. The molecule has 0 aliphatic rings. The number of carbonyl (C=O) groups is 2. The Labute approximate surface area is 166 Å². The van der Waals surface area contributed by atoms with Crippen molar-refractivity contribution in [2.24, 2.45) is 0 Å². The molecule has 2 rings (SSSR count). The van der Waals surface area contributed by atoms with Gasteiger partial charge in [0, 0.05) is 30.8 Å². The maximum absolute atomic E-state index is 12.4. The lowest BCUT2D eigenvalue weighted by Gasteiger charge is -2.19. The number of carbonyl (C=O) groups excluding carboxylic acids is 2. The van der Waals surface area contributed by atoms with Crippen LogP contribution in [0, 0.1) is 0 Å². The normalized spacial score (nSPS) is 10.2. The number of benzene rings is 2. The number of hydrogen-bond acceptors (Lipinski definition) is 4. The van der Waals surface area contributed by atoms with Crippen LogP contribution in [-0.2, 0) is 4.79 Å². The fraction of sp³-hybridized carbons (Fsp3) is 0.364. The lowest BCUT2D eigenvalue weighted by Crippen LogP contribution is -2.30. The molecule has 2 amide bonds. The summed E-state index contributed by atoms with van der Waals surface area (Å²) in [6, 6.07) is 14.4. The van der Waals surface area contributed by atoms with Crippen LogP contribution >= 0.6 is 0 Å². The van der Waals surface area contributed by atoms with E-state index in [1.54, 1.807) is 36.3 Å². The summed E-state index contributed by atoms with van der Waals surface area (Å²) in [5.74, 6) is 1.37. The van der Waals surface area contributed by atoms with Gasteiger partial charge in [-0.1, -0.05) is 6.07 Å². The molecule has 6 heteroatoms. The van der Waals surface area contributed by atoms with Crippen molar-refractivity contribution in [1.82, 2.24) is 4.90 Å². The average molecular weight is 384 g/mol. The van der Waals surface area contributed by atoms with Crippen LogP contribution in [0.4, 0.5) is 5.69 Å². The van der Waals surface area contributed by atoms with Crippen LogP contribution in [0.25, 0.3) is 0 Å². The minimum Gasteiger partial charge on any atom is -0.497 e. The van der Waals surface area contributed by atoms with Gasteiger partial charge in [-0.15, -0.1) is 0 Å². The van der Waals surface area contributed by atoms with E-state index in [1.807, 2.05) is 38.1 Å². The lowest BCUT2D eigenvalue weighted by molar-refractivity contribution is -0.116. The molecule has 0 aliphatic carbocycles. The first kappa shape index (κ1) is 21.3. The van der Waals surface area contributed by atoms with E-state index in [0.29, 0.717) is 43.8 Å². The smallest absolute Gasteiger partial charge is 0.253 e. The molecule has 2 aromatic carbocycles. The van der Waals surface area contributed by atoms with Gasteiger partial charge in [0.1, 0.15) is 11.5 Å². The molecule has 0 atom stereocenters. The highest BCUT2D eigenvalue weighted by Gasteiger charge is 2.13. The third-order valence-corrected chi connectivity index (χ3v) is 4.32. The van der Waals surface area contributed by atoms with E-state index in [-0.39, 0.29) is 11.8 Å². The van der Waals surface area contributed by atoms with Crippen molar-refractivity contribution < 1.29 is 19.1 Å². The highest BCUT2D eigenvalue weighted by molar-refractivity contribution is 5.97. The molecule has 0 heterocycles. The standard InChI is InChI=1S/C22H28N2O4/c1-4-24(5-2)22(26)17-8-6-9-18(16-17)23-21(25)10-7-15-28-20-13-11-19(27-3)12-14-20/h6,8-9,11-14,16H,4-5,7,10,15H2,1-3H3,(H,23,25). The van der Waals surface area contributed by atoms with E-state index in [0.717, 1.165) is 11.5 Å². The molecular weight excluding hydrogens is 356 g/mol. The lowest BCUT2D eigenvalue weighted by atomic mass is 10.1. The SMILES string of the molecule is CCN(CC)C(=O)c1cccc(NC(=O)CCCOc2ccc(OC)cc2)c1. The number of rotatable bonds is 10. The molecule has 28 heavy (non-hydrogen) atoms. The zero-order chi connectivity index (χ0) is 20.4. The number of nitrogens with zero attached hydrogens (tertiary/aromatic N) is 1.